The number of aromatic nitrogens is 3. The summed E-state index contributed by atoms with van der Waals surface area (Å²) < 4.78 is 55.4. The first-order valence-corrected chi connectivity index (χ1v) is 7.05. The zero-order chi connectivity index (χ0) is 17.5. The maximum atomic E-state index is 13.7. The summed E-state index contributed by atoms with van der Waals surface area (Å²) in [6.45, 7) is 9.22. The van der Waals surface area contributed by atoms with Gasteiger partial charge in [-0.25, -0.2) is 0 Å². The van der Waals surface area contributed by atoms with Crippen LogP contribution in [0.3, 0.4) is 0 Å². The summed E-state index contributed by atoms with van der Waals surface area (Å²) in [7, 11) is 0. The quantitative estimate of drug-likeness (QED) is 0.681. The van der Waals surface area contributed by atoms with Crippen molar-refractivity contribution in [2.75, 3.05) is 5.32 Å². The van der Waals surface area contributed by atoms with E-state index in [0.717, 1.165) is 0 Å². The van der Waals surface area contributed by atoms with E-state index >= 15 is 0 Å². The van der Waals surface area contributed by atoms with Gasteiger partial charge in [-0.15, -0.1) is 0 Å². The van der Waals surface area contributed by atoms with E-state index in [1.54, 1.807) is 24.7 Å². The number of nitrogens with zero attached hydrogens (tertiary/aromatic N) is 3. The average molecular weight is 330 g/mol. The van der Waals surface area contributed by atoms with Gasteiger partial charge in [0.1, 0.15) is 5.69 Å². The van der Waals surface area contributed by atoms with E-state index in [4.69, 9.17) is 0 Å². The van der Waals surface area contributed by atoms with Crippen molar-refractivity contribution in [2.24, 2.45) is 0 Å². The zero-order valence-electron chi connectivity index (χ0n) is 13.5. The Bertz CT molecular complexity index is 708. The maximum absolute atomic E-state index is 13.7. The van der Waals surface area contributed by atoms with Crippen LogP contribution >= 0.6 is 0 Å². The lowest BCUT2D eigenvalue weighted by Crippen LogP contribution is -2.22. The second kappa shape index (κ2) is 5.82. The monoisotopic (exact) mass is 330 g/mol. The normalized spacial score (nSPS) is 13.3. The molecule has 0 aliphatic rings. The molecule has 2 rings (SSSR count). The number of hydrogen-bond donors (Lipinski definition) is 1. The van der Waals surface area contributed by atoms with Crippen LogP contribution in [0.15, 0.2) is 6.20 Å². The molecule has 0 amide bonds. The third-order valence-corrected chi connectivity index (χ3v) is 3.45. The summed E-state index contributed by atoms with van der Waals surface area (Å²) in [4.78, 5) is 2.53. The molecule has 4 nitrogen and oxygen atoms in total. The molecule has 126 valence electrons. The molecule has 0 spiro atoms. The Morgan fingerprint density at radius 3 is 2.04 bits per heavy atom. The van der Waals surface area contributed by atoms with Crippen LogP contribution in [0.4, 0.5) is 23.2 Å². The first-order valence-electron chi connectivity index (χ1n) is 7.05. The topological polar surface area (TPSA) is 42.7 Å². The van der Waals surface area contributed by atoms with E-state index in [9.17, 15) is 17.6 Å². The van der Waals surface area contributed by atoms with E-state index in [-0.39, 0.29) is 5.54 Å². The van der Waals surface area contributed by atoms with Crippen molar-refractivity contribution in [3.05, 3.63) is 41.0 Å². The summed E-state index contributed by atoms with van der Waals surface area (Å²) in [5.74, 6) is -6.50. The lowest BCUT2D eigenvalue weighted by Gasteiger charge is -2.19. The molecule has 0 fully saturated rings. The molecule has 1 atom stereocenters. The van der Waals surface area contributed by atoms with Crippen molar-refractivity contribution in [2.45, 2.75) is 46.2 Å². The predicted octanol–water partition coefficient (Wildman–Crippen LogP) is 4.07. The van der Waals surface area contributed by atoms with E-state index < -0.39 is 35.3 Å². The van der Waals surface area contributed by atoms with Crippen LogP contribution in [0.5, 0.6) is 0 Å². The number of anilines is 1. The standard InChI is InChI=1S/C15H18F4N4/c1-7(9-6-23(15(3,4)5)22-8(9)2)20-12-10(16)13(18)21-14(19)11(12)17/h6-7H,1-5H3,(H,20,21). The lowest BCUT2D eigenvalue weighted by molar-refractivity contribution is 0.354. The van der Waals surface area contributed by atoms with Crippen LogP contribution in [0.2, 0.25) is 0 Å². The summed E-state index contributed by atoms with van der Waals surface area (Å²) in [6, 6.07) is -0.615. The largest absolute Gasteiger partial charge is 0.373 e. The van der Waals surface area contributed by atoms with Gasteiger partial charge < -0.3 is 5.32 Å². The molecule has 0 saturated carbocycles. The highest BCUT2D eigenvalue weighted by molar-refractivity contribution is 5.47. The van der Waals surface area contributed by atoms with E-state index in [1.807, 2.05) is 20.8 Å². The summed E-state index contributed by atoms with van der Waals surface area (Å²) in [5, 5.41) is 6.81. The first kappa shape index (κ1) is 17.2. The van der Waals surface area contributed by atoms with Gasteiger partial charge >= 0.3 is 0 Å². The minimum absolute atomic E-state index is 0.270. The van der Waals surface area contributed by atoms with Crippen molar-refractivity contribution >= 4 is 5.69 Å². The Kier molecular flexibility index (Phi) is 4.37. The zero-order valence-corrected chi connectivity index (χ0v) is 13.5. The fraction of sp³-hybridized carbons (Fsp3) is 0.467. The van der Waals surface area contributed by atoms with Crippen molar-refractivity contribution in [1.29, 1.82) is 0 Å². The molecule has 1 N–H and O–H groups in total. The summed E-state index contributed by atoms with van der Waals surface area (Å²) in [5.41, 5.74) is 0.159. The van der Waals surface area contributed by atoms with Gasteiger partial charge in [0.25, 0.3) is 11.9 Å². The Balaban J connectivity index is 2.37. The van der Waals surface area contributed by atoms with Crippen LogP contribution < -0.4 is 5.32 Å². The number of hydrogen-bond acceptors (Lipinski definition) is 3. The molecule has 0 aromatic carbocycles. The molecule has 2 aromatic rings. The van der Waals surface area contributed by atoms with Crippen molar-refractivity contribution in [1.82, 2.24) is 14.8 Å². The fourth-order valence-electron chi connectivity index (χ4n) is 2.15. The molecule has 8 heteroatoms. The smallest absolute Gasteiger partial charge is 0.253 e. The van der Waals surface area contributed by atoms with Crippen LogP contribution in [0.25, 0.3) is 0 Å². The molecule has 2 heterocycles. The second-order valence-electron chi connectivity index (χ2n) is 6.35. The van der Waals surface area contributed by atoms with Gasteiger partial charge in [0.05, 0.1) is 17.3 Å². The van der Waals surface area contributed by atoms with Gasteiger partial charge in [-0.05, 0) is 34.6 Å². The molecule has 2 aromatic heterocycles. The van der Waals surface area contributed by atoms with Crippen LogP contribution in [-0.2, 0) is 5.54 Å². The average Bonchev–Trinajstić information content (AvgIpc) is 2.83. The molecule has 1 unspecified atom stereocenters. The Morgan fingerprint density at radius 1 is 1.09 bits per heavy atom. The van der Waals surface area contributed by atoms with Gasteiger partial charge in [0.15, 0.2) is 0 Å². The van der Waals surface area contributed by atoms with Gasteiger partial charge in [-0.2, -0.15) is 27.6 Å². The van der Waals surface area contributed by atoms with Crippen LogP contribution in [0.1, 0.15) is 45.0 Å². The highest BCUT2D eigenvalue weighted by atomic mass is 19.2. The minimum Gasteiger partial charge on any atom is -0.373 e. The predicted molar refractivity (Wildman–Crippen MR) is 78.1 cm³/mol. The van der Waals surface area contributed by atoms with Gasteiger partial charge in [-0.3, -0.25) is 4.68 Å². The molecule has 0 saturated heterocycles. The van der Waals surface area contributed by atoms with Crippen molar-refractivity contribution in [3.63, 3.8) is 0 Å². The fourth-order valence-corrected chi connectivity index (χ4v) is 2.15. The highest BCUT2D eigenvalue weighted by Gasteiger charge is 2.24. The third-order valence-electron chi connectivity index (χ3n) is 3.45. The Labute approximate surface area is 131 Å². The molecule has 0 radical (unpaired) electrons. The molecule has 0 aliphatic heterocycles. The van der Waals surface area contributed by atoms with Crippen molar-refractivity contribution in [3.8, 4) is 0 Å². The summed E-state index contributed by atoms with van der Waals surface area (Å²) in [6.07, 6.45) is 1.73. The Morgan fingerprint density at radius 2 is 1.61 bits per heavy atom. The number of aryl methyl sites for hydroxylation is 1. The molecular weight excluding hydrogens is 312 g/mol. The van der Waals surface area contributed by atoms with Gasteiger partial charge in [0, 0.05) is 11.8 Å². The first-order chi connectivity index (χ1) is 10.5. The molecule has 0 aliphatic carbocycles. The number of rotatable bonds is 3. The molecular formula is C15H18F4N4. The SMILES string of the molecule is Cc1nn(C(C)(C)C)cc1C(C)Nc1c(F)c(F)nc(F)c1F. The molecule has 23 heavy (non-hydrogen) atoms. The minimum atomic E-state index is -1.69. The van der Waals surface area contributed by atoms with Gasteiger partial charge in [0.2, 0.25) is 11.6 Å². The van der Waals surface area contributed by atoms with Crippen LogP contribution in [0, 0.1) is 30.5 Å². The van der Waals surface area contributed by atoms with Crippen molar-refractivity contribution < 1.29 is 17.6 Å². The third kappa shape index (κ3) is 3.30. The maximum Gasteiger partial charge on any atom is 0.253 e. The molecule has 0 bridgehead atoms. The Hall–Kier alpha value is -2.12. The highest BCUT2D eigenvalue weighted by Crippen LogP contribution is 2.28. The number of halogens is 4. The van der Waals surface area contributed by atoms with E-state index in [2.05, 4.69) is 15.4 Å². The van der Waals surface area contributed by atoms with E-state index in [1.165, 1.54) is 0 Å². The van der Waals surface area contributed by atoms with E-state index in [0.29, 0.717) is 11.3 Å². The summed E-state index contributed by atoms with van der Waals surface area (Å²) >= 11 is 0. The van der Waals surface area contributed by atoms with Gasteiger partial charge in [-0.1, -0.05) is 0 Å². The number of pyridine rings is 1. The van der Waals surface area contributed by atoms with Crippen LogP contribution in [-0.4, -0.2) is 14.8 Å². The second-order valence-corrected chi connectivity index (χ2v) is 6.35. The number of nitrogens with one attached hydrogen (secondary N) is 1. The lowest BCUT2D eigenvalue weighted by atomic mass is 10.1.